The molecule has 18 heavy (non-hydrogen) atoms. The zero-order valence-corrected chi connectivity index (χ0v) is 11.2. The van der Waals surface area contributed by atoms with Crippen LogP contribution in [0.1, 0.15) is 5.56 Å². The second kappa shape index (κ2) is 5.94. The molecule has 6 nitrogen and oxygen atoms in total. The van der Waals surface area contributed by atoms with E-state index >= 15 is 0 Å². The number of carbonyl (C=O) groups excluding carboxylic acids is 1. The van der Waals surface area contributed by atoms with Crippen LogP contribution in [-0.2, 0) is 21.4 Å². The largest absolute Gasteiger partial charge is 0.369 e. The van der Waals surface area contributed by atoms with Gasteiger partial charge in [0.25, 0.3) is 0 Å². The van der Waals surface area contributed by atoms with Gasteiger partial charge in [-0.15, -0.1) is 0 Å². The van der Waals surface area contributed by atoms with Gasteiger partial charge in [0, 0.05) is 20.6 Å². The summed E-state index contributed by atoms with van der Waals surface area (Å²) in [5.74, 6) is -0.429. The van der Waals surface area contributed by atoms with Crippen LogP contribution < -0.4 is 11.1 Å². The van der Waals surface area contributed by atoms with Crippen molar-refractivity contribution in [3.63, 3.8) is 0 Å². The maximum Gasteiger partial charge on any atom is 0.242 e. The molecule has 1 aromatic rings. The number of nitrogens with zero attached hydrogens (tertiary/aromatic N) is 1. The second-order valence-corrected chi connectivity index (χ2v) is 6.15. The summed E-state index contributed by atoms with van der Waals surface area (Å²) in [4.78, 5) is 10.8. The fourth-order valence-corrected chi connectivity index (χ4v) is 2.22. The van der Waals surface area contributed by atoms with Crippen molar-refractivity contribution in [1.29, 1.82) is 0 Å². The van der Waals surface area contributed by atoms with Crippen molar-refractivity contribution in [1.82, 2.24) is 9.62 Å². The van der Waals surface area contributed by atoms with Crippen molar-refractivity contribution in [3.05, 3.63) is 29.8 Å². The standard InChI is InChI=1S/C11H17N3O3S/c1-14(2)18(16,17)10-5-3-9(4-6-10)7-13-8-11(12)15/h3-6,13H,7-8H2,1-2H3,(H2,12,15). The number of carbonyl (C=O) groups is 1. The van der Waals surface area contributed by atoms with Gasteiger partial charge in [-0.05, 0) is 17.7 Å². The fraction of sp³-hybridized carbons (Fsp3) is 0.364. The molecule has 100 valence electrons. The number of primary amides is 1. The molecular weight excluding hydrogens is 254 g/mol. The molecule has 1 amide bonds. The molecule has 0 heterocycles. The summed E-state index contributed by atoms with van der Waals surface area (Å²) >= 11 is 0. The first kappa shape index (κ1) is 14.6. The average Bonchev–Trinajstić information content (AvgIpc) is 2.29. The van der Waals surface area contributed by atoms with E-state index < -0.39 is 15.9 Å². The summed E-state index contributed by atoms with van der Waals surface area (Å²) in [7, 11) is -0.421. The molecule has 0 saturated carbocycles. The zero-order valence-electron chi connectivity index (χ0n) is 10.4. The Kier molecular flexibility index (Phi) is 4.83. The van der Waals surface area contributed by atoms with E-state index in [2.05, 4.69) is 5.32 Å². The molecule has 0 aliphatic carbocycles. The van der Waals surface area contributed by atoms with Crippen molar-refractivity contribution in [2.24, 2.45) is 5.73 Å². The first-order valence-corrected chi connectivity index (χ1v) is 6.78. The maximum absolute atomic E-state index is 11.8. The number of nitrogens with two attached hydrogens (primary N) is 1. The van der Waals surface area contributed by atoms with Crippen LogP contribution in [0.25, 0.3) is 0 Å². The van der Waals surface area contributed by atoms with Crippen molar-refractivity contribution in [2.75, 3.05) is 20.6 Å². The van der Waals surface area contributed by atoms with E-state index in [9.17, 15) is 13.2 Å². The second-order valence-electron chi connectivity index (χ2n) is 4.00. The molecule has 0 unspecified atom stereocenters. The van der Waals surface area contributed by atoms with E-state index in [0.29, 0.717) is 6.54 Å². The van der Waals surface area contributed by atoms with Crippen LogP contribution in [0.15, 0.2) is 29.2 Å². The predicted molar refractivity (Wildman–Crippen MR) is 68.2 cm³/mol. The Hall–Kier alpha value is -1.44. The van der Waals surface area contributed by atoms with Crippen LogP contribution >= 0.6 is 0 Å². The van der Waals surface area contributed by atoms with Gasteiger partial charge in [0.05, 0.1) is 11.4 Å². The van der Waals surface area contributed by atoms with E-state index in [1.54, 1.807) is 12.1 Å². The summed E-state index contributed by atoms with van der Waals surface area (Å²) < 4.78 is 24.8. The Morgan fingerprint density at radius 1 is 1.28 bits per heavy atom. The third-order valence-corrected chi connectivity index (χ3v) is 4.16. The Labute approximate surface area is 107 Å². The third kappa shape index (κ3) is 3.80. The molecule has 3 N–H and O–H groups in total. The van der Waals surface area contributed by atoms with Crippen molar-refractivity contribution >= 4 is 15.9 Å². The van der Waals surface area contributed by atoms with Gasteiger partial charge >= 0.3 is 0 Å². The SMILES string of the molecule is CN(C)S(=O)(=O)c1ccc(CNCC(N)=O)cc1. The molecule has 0 aliphatic rings. The van der Waals surface area contributed by atoms with Gasteiger partial charge < -0.3 is 11.1 Å². The summed E-state index contributed by atoms with van der Waals surface area (Å²) in [5, 5.41) is 2.85. The van der Waals surface area contributed by atoms with Gasteiger partial charge in [-0.3, -0.25) is 4.79 Å². The summed E-state index contributed by atoms with van der Waals surface area (Å²) in [6.45, 7) is 0.559. The lowest BCUT2D eigenvalue weighted by Gasteiger charge is -2.11. The van der Waals surface area contributed by atoms with E-state index in [4.69, 9.17) is 5.73 Å². The Bertz CT molecular complexity index is 509. The van der Waals surface area contributed by atoms with E-state index in [-0.39, 0.29) is 11.4 Å². The van der Waals surface area contributed by atoms with Crippen LogP contribution in [0, 0.1) is 0 Å². The Balaban J connectivity index is 2.72. The molecule has 0 atom stereocenters. The highest BCUT2D eigenvalue weighted by molar-refractivity contribution is 7.89. The molecule has 0 bridgehead atoms. The topological polar surface area (TPSA) is 92.5 Å². The van der Waals surface area contributed by atoms with Gasteiger partial charge in [-0.25, -0.2) is 12.7 Å². The predicted octanol–water partition coefficient (Wildman–Crippen LogP) is -0.488. The highest BCUT2D eigenvalue weighted by Crippen LogP contribution is 2.13. The molecule has 0 aromatic heterocycles. The number of sulfonamides is 1. The molecule has 1 rings (SSSR count). The van der Waals surface area contributed by atoms with E-state index in [0.717, 1.165) is 9.87 Å². The van der Waals surface area contributed by atoms with Crippen LogP contribution in [0.5, 0.6) is 0 Å². The normalized spacial score (nSPS) is 11.7. The first-order valence-electron chi connectivity index (χ1n) is 5.34. The van der Waals surface area contributed by atoms with Crippen LogP contribution in [0.4, 0.5) is 0 Å². The number of hydrogen-bond donors (Lipinski definition) is 2. The third-order valence-electron chi connectivity index (χ3n) is 2.33. The Morgan fingerprint density at radius 3 is 2.28 bits per heavy atom. The average molecular weight is 271 g/mol. The summed E-state index contributed by atoms with van der Waals surface area (Å²) in [5.41, 5.74) is 5.87. The zero-order chi connectivity index (χ0) is 13.8. The Morgan fingerprint density at radius 2 is 1.83 bits per heavy atom. The summed E-state index contributed by atoms with van der Waals surface area (Å²) in [6, 6.07) is 6.47. The highest BCUT2D eigenvalue weighted by Gasteiger charge is 2.16. The fourth-order valence-electron chi connectivity index (χ4n) is 1.32. The van der Waals surface area contributed by atoms with Gasteiger partial charge in [0.1, 0.15) is 0 Å². The summed E-state index contributed by atoms with van der Waals surface area (Å²) in [6.07, 6.45) is 0. The lowest BCUT2D eigenvalue weighted by atomic mass is 10.2. The molecule has 1 aromatic carbocycles. The minimum atomic E-state index is -3.39. The molecule has 7 heteroatoms. The van der Waals surface area contributed by atoms with Crippen LogP contribution in [0.2, 0.25) is 0 Å². The van der Waals surface area contributed by atoms with E-state index in [1.165, 1.54) is 26.2 Å². The van der Waals surface area contributed by atoms with Crippen molar-refractivity contribution in [2.45, 2.75) is 11.4 Å². The monoisotopic (exact) mass is 271 g/mol. The molecule has 0 radical (unpaired) electrons. The minimum absolute atomic E-state index is 0.0950. The van der Waals surface area contributed by atoms with Gasteiger partial charge in [-0.1, -0.05) is 12.1 Å². The number of amides is 1. The van der Waals surface area contributed by atoms with Crippen molar-refractivity contribution < 1.29 is 13.2 Å². The van der Waals surface area contributed by atoms with Crippen LogP contribution in [0.3, 0.4) is 0 Å². The molecule has 0 fully saturated rings. The smallest absolute Gasteiger partial charge is 0.242 e. The lowest BCUT2D eigenvalue weighted by Crippen LogP contribution is -2.28. The molecule has 0 spiro atoms. The van der Waals surface area contributed by atoms with Gasteiger partial charge in [-0.2, -0.15) is 0 Å². The number of nitrogens with one attached hydrogen (secondary N) is 1. The van der Waals surface area contributed by atoms with Crippen LogP contribution in [-0.4, -0.2) is 39.3 Å². The molecular formula is C11H17N3O3S. The minimum Gasteiger partial charge on any atom is -0.369 e. The number of rotatable bonds is 6. The van der Waals surface area contributed by atoms with Crippen molar-refractivity contribution in [3.8, 4) is 0 Å². The number of benzene rings is 1. The first-order chi connectivity index (χ1) is 8.34. The number of hydrogen-bond acceptors (Lipinski definition) is 4. The lowest BCUT2D eigenvalue weighted by molar-refractivity contribution is -0.117. The van der Waals surface area contributed by atoms with Gasteiger partial charge in [0.15, 0.2) is 0 Å². The quantitative estimate of drug-likeness (QED) is 0.730. The molecule has 0 saturated heterocycles. The van der Waals surface area contributed by atoms with E-state index in [1.807, 2.05) is 0 Å². The highest BCUT2D eigenvalue weighted by atomic mass is 32.2. The maximum atomic E-state index is 11.8. The molecule has 0 aliphatic heterocycles. The van der Waals surface area contributed by atoms with Gasteiger partial charge in [0.2, 0.25) is 15.9 Å².